The highest BCUT2D eigenvalue weighted by Crippen LogP contribution is 2.38. The third-order valence-corrected chi connectivity index (χ3v) is 10.2. The Morgan fingerprint density at radius 2 is 1.81 bits per heavy atom. The summed E-state index contributed by atoms with van der Waals surface area (Å²) >= 11 is 14.5. The van der Waals surface area contributed by atoms with Gasteiger partial charge in [0.2, 0.25) is 0 Å². The van der Waals surface area contributed by atoms with E-state index in [1.54, 1.807) is 17.4 Å². The van der Waals surface area contributed by atoms with Gasteiger partial charge in [0.05, 0.1) is 60.8 Å². The Kier molecular flexibility index (Phi) is 8.68. The van der Waals surface area contributed by atoms with Crippen LogP contribution in [0.15, 0.2) is 66.4 Å². The topological polar surface area (TPSA) is 108 Å². The second-order valence-electron chi connectivity index (χ2n) is 12.9. The summed E-state index contributed by atoms with van der Waals surface area (Å²) < 4.78 is 17.0. The second kappa shape index (κ2) is 12.9. The summed E-state index contributed by atoms with van der Waals surface area (Å²) in [5, 5.41) is 27.1. The van der Waals surface area contributed by atoms with Gasteiger partial charge in [-0.25, -0.2) is 14.1 Å². The maximum atomic E-state index is 13.9. The lowest BCUT2D eigenvalue weighted by Crippen LogP contribution is -2.46. The summed E-state index contributed by atoms with van der Waals surface area (Å²) in [6.07, 6.45) is 5.48. The quantitative estimate of drug-likeness (QED) is 0.170. The van der Waals surface area contributed by atoms with Crippen LogP contribution in [-0.2, 0) is 0 Å². The number of benzene rings is 3. The average Bonchev–Trinajstić information content (AvgIpc) is 3.75. The molecule has 6 aromatic rings. The van der Waals surface area contributed by atoms with Crippen LogP contribution >= 0.6 is 34.5 Å². The summed E-state index contributed by atoms with van der Waals surface area (Å²) in [6.45, 7) is 8.76. The lowest BCUT2D eigenvalue weighted by molar-refractivity contribution is 0.0866. The van der Waals surface area contributed by atoms with Gasteiger partial charge in [-0.1, -0.05) is 34.5 Å². The number of pyridine rings is 1. The van der Waals surface area contributed by atoms with E-state index in [2.05, 4.69) is 80.9 Å². The number of halogens is 3. The molecule has 0 radical (unpaired) electrons. The van der Waals surface area contributed by atoms with E-state index < -0.39 is 11.9 Å². The molecule has 0 amide bonds. The first kappa shape index (κ1) is 32.2. The zero-order valence-corrected chi connectivity index (χ0v) is 28.8. The number of aromatic nitrogens is 5. The van der Waals surface area contributed by atoms with Crippen LogP contribution in [0, 0.1) is 17.1 Å². The first-order chi connectivity index (χ1) is 23.1. The van der Waals surface area contributed by atoms with Crippen molar-refractivity contribution in [2.24, 2.45) is 0 Å². The molecule has 7 rings (SSSR count). The van der Waals surface area contributed by atoms with Crippen molar-refractivity contribution in [2.75, 3.05) is 23.7 Å². The molecule has 0 saturated carbocycles. The molecule has 3 aromatic carbocycles. The summed E-state index contributed by atoms with van der Waals surface area (Å²) in [6, 6.07) is 16.2. The summed E-state index contributed by atoms with van der Waals surface area (Å²) in [7, 11) is 0. The number of hydrogen-bond acceptors (Lipinski definition) is 9. The Labute approximate surface area is 291 Å². The van der Waals surface area contributed by atoms with Crippen LogP contribution in [0.1, 0.15) is 62.5 Å². The molecule has 1 aliphatic heterocycles. The first-order valence-corrected chi connectivity index (χ1v) is 17.2. The van der Waals surface area contributed by atoms with Crippen LogP contribution in [0.5, 0.6) is 0 Å². The number of fused-ring (bicyclic) bond motifs is 2. The summed E-state index contributed by atoms with van der Waals surface area (Å²) in [4.78, 5) is 11.5. The zero-order valence-electron chi connectivity index (χ0n) is 26.5. The minimum absolute atomic E-state index is 0.0371. The van der Waals surface area contributed by atoms with Crippen LogP contribution < -0.4 is 10.6 Å². The third-order valence-electron chi connectivity index (χ3n) is 8.84. The van der Waals surface area contributed by atoms with E-state index in [-0.39, 0.29) is 16.6 Å². The molecule has 2 N–H and O–H groups in total. The van der Waals surface area contributed by atoms with Gasteiger partial charge in [-0.3, -0.25) is 9.88 Å². The molecule has 0 aliphatic carbocycles. The minimum Gasteiger partial charge on any atom is -0.373 e. The van der Waals surface area contributed by atoms with Crippen LogP contribution in [0.4, 0.5) is 21.5 Å². The lowest BCUT2D eigenvalue weighted by Gasteiger charge is -2.40. The van der Waals surface area contributed by atoms with Crippen molar-refractivity contribution in [3.8, 4) is 6.07 Å². The Balaban J connectivity index is 1.27. The Morgan fingerprint density at radius 3 is 2.56 bits per heavy atom. The van der Waals surface area contributed by atoms with Gasteiger partial charge >= 0.3 is 0 Å². The van der Waals surface area contributed by atoms with E-state index in [1.807, 2.05) is 28.5 Å². The molecule has 3 aromatic heterocycles. The molecule has 4 heterocycles. The highest BCUT2D eigenvalue weighted by molar-refractivity contribution is 7.16. The van der Waals surface area contributed by atoms with Gasteiger partial charge in [0.25, 0.3) is 0 Å². The van der Waals surface area contributed by atoms with Crippen LogP contribution in [0.2, 0.25) is 10.0 Å². The van der Waals surface area contributed by atoms with E-state index >= 15 is 0 Å². The van der Waals surface area contributed by atoms with Crippen molar-refractivity contribution in [3.63, 3.8) is 0 Å². The Bertz CT molecular complexity index is 2180. The van der Waals surface area contributed by atoms with Gasteiger partial charge in [-0.2, -0.15) is 5.26 Å². The number of nitrogens with zero attached hydrogens (tertiary/aromatic N) is 7. The average molecular weight is 701 g/mol. The van der Waals surface area contributed by atoms with Crippen LogP contribution in [0.3, 0.4) is 0 Å². The fourth-order valence-corrected chi connectivity index (χ4v) is 7.34. The summed E-state index contributed by atoms with van der Waals surface area (Å²) in [5.74, 6) is -0.536. The van der Waals surface area contributed by atoms with Crippen molar-refractivity contribution in [1.82, 2.24) is 29.9 Å². The third kappa shape index (κ3) is 6.41. The SMILES string of the molecule is CC(C)(C)N1CCC(n2cc([C@@H](Nc3cc(Cl)c4ncc(C#N)c(Nc5ccc(F)c(Cl)c5)c4c3)c3ccc4scnc4c3)nn2)CC1. The molecule has 13 heteroatoms. The number of nitrogens with one attached hydrogen (secondary N) is 2. The molecule has 1 aliphatic rings. The fraction of sp³-hybridized carbons (Fsp3) is 0.286. The standard InChI is InChI=1S/C35H32Cl2FN9S/c1-35(2,3)46-10-8-24(9-11-46)47-18-30(44-45-47)33(20-4-7-31-29(12-20)41-19-48-31)43-23-13-25-32(42-22-5-6-28(38)26(36)14-22)21(16-39)17-40-34(25)27(37)15-23/h4-7,12-15,17-19,24,33,43H,8-11H2,1-3H3,(H,40,42)/t33-/m0/s1. The largest absolute Gasteiger partial charge is 0.373 e. The number of nitriles is 1. The molecule has 0 spiro atoms. The number of likely N-dealkylation sites (tertiary alicyclic amines) is 1. The van der Waals surface area contributed by atoms with E-state index in [0.717, 1.165) is 47.4 Å². The predicted molar refractivity (Wildman–Crippen MR) is 191 cm³/mol. The monoisotopic (exact) mass is 699 g/mol. The van der Waals surface area contributed by atoms with Gasteiger partial charge in [0, 0.05) is 41.6 Å². The van der Waals surface area contributed by atoms with Crippen molar-refractivity contribution >= 4 is 72.7 Å². The van der Waals surface area contributed by atoms with Gasteiger partial charge in [-0.15, -0.1) is 16.4 Å². The molecule has 244 valence electrons. The number of rotatable bonds is 7. The maximum absolute atomic E-state index is 13.9. The second-order valence-corrected chi connectivity index (χ2v) is 14.6. The van der Waals surface area contributed by atoms with Crippen molar-refractivity contribution in [3.05, 3.63) is 99.1 Å². The highest BCUT2D eigenvalue weighted by atomic mass is 35.5. The zero-order chi connectivity index (χ0) is 33.6. The highest BCUT2D eigenvalue weighted by Gasteiger charge is 2.29. The smallest absolute Gasteiger partial charge is 0.141 e. The van der Waals surface area contributed by atoms with E-state index in [9.17, 15) is 9.65 Å². The number of piperidine rings is 1. The molecule has 1 fully saturated rings. The normalized spacial score (nSPS) is 15.1. The molecule has 9 nitrogen and oxygen atoms in total. The number of anilines is 3. The molecule has 1 saturated heterocycles. The maximum Gasteiger partial charge on any atom is 0.141 e. The van der Waals surface area contributed by atoms with E-state index in [1.165, 1.54) is 18.3 Å². The molecular formula is C35H32Cl2FN9S. The van der Waals surface area contributed by atoms with Crippen molar-refractivity contribution < 1.29 is 4.39 Å². The van der Waals surface area contributed by atoms with Gasteiger partial charge in [0.15, 0.2) is 0 Å². The van der Waals surface area contributed by atoms with Gasteiger partial charge < -0.3 is 10.6 Å². The predicted octanol–water partition coefficient (Wildman–Crippen LogP) is 9.13. The molecule has 0 bridgehead atoms. The van der Waals surface area contributed by atoms with Gasteiger partial charge in [-0.05, 0) is 81.6 Å². The van der Waals surface area contributed by atoms with E-state index in [4.69, 9.17) is 23.2 Å². The van der Waals surface area contributed by atoms with Crippen LogP contribution in [0.25, 0.3) is 21.1 Å². The molecular weight excluding hydrogens is 668 g/mol. The fourth-order valence-electron chi connectivity index (χ4n) is 6.23. The lowest BCUT2D eigenvalue weighted by atomic mass is 9.98. The first-order valence-electron chi connectivity index (χ1n) is 15.6. The Morgan fingerprint density at radius 1 is 1.02 bits per heavy atom. The molecule has 0 unspecified atom stereocenters. The molecule has 1 atom stereocenters. The number of hydrogen-bond donors (Lipinski definition) is 2. The van der Waals surface area contributed by atoms with Crippen molar-refractivity contribution in [2.45, 2.75) is 51.2 Å². The molecule has 48 heavy (non-hydrogen) atoms. The number of thiazole rings is 1. The minimum atomic E-state index is -0.536. The van der Waals surface area contributed by atoms with Gasteiger partial charge in [0.1, 0.15) is 17.6 Å². The van der Waals surface area contributed by atoms with Crippen molar-refractivity contribution in [1.29, 1.82) is 5.26 Å². The Hall–Kier alpha value is -4.34. The summed E-state index contributed by atoms with van der Waals surface area (Å²) in [5.41, 5.74) is 7.05. The van der Waals surface area contributed by atoms with E-state index in [0.29, 0.717) is 38.6 Å². The van der Waals surface area contributed by atoms with Crippen LogP contribution in [-0.4, -0.2) is 48.5 Å².